The zero-order valence-electron chi connectivity index (χ0n) is 9.15. The molecule has 2 aromatic rings. The number of hydrogen-bond donors (Lipinski definition) is 0. The van der Waals surface area contributed by atoms with E-state index >= 15 is 0 Å². The van der Waals surface area contributed by atoms with Gasteiger partial charge in [-0.05, 0) is 18.1 Å². The van der Waals surface area contributed by atoms with Gasteiger partial charge in [-0.3, -0.25) is 0 Å². The van der Waals surface area contributed by atoms with E-state index in [4.69, 9.17) is 0 Å². The largest absolute Gasteiger partial charge is 0.206 e. The molecule has 16 heavy (non-hydrogen) atoms. The highest BCUT2D eigenvalue weighted by Crippen LogP contribution is 2.15. The second kappa shape index (κ2) is 4.75. The number of benzene rings is 2. The average molecular weight is 212 g/mol. The molecule has 0 radical (unpaired) electrons. The van der Waals surface area contributed by atoms with Gasteiger partial charge in [0.15, 0.2) is 0 Å². The van der Waals surface area contributed by atoms with Crippen molar-refractivity contribution in [2.45, 2.75) is 6.92 Å². The molecule has 1 heteroatoms. The maximum Gasteiger partial charge on any atom is 0.133 e. The van der Waals surface area contributed by atoms with E-state index in [1.54, 1.807) is 25.1 Å². The van der Waals surface area contributed by atoms with Crippen LogP contribution in [0.25, 0.3) is 12.2 Å². The van der Waals surface area contributed by atoms with E-state index in [-0.39, 0.29) is 5.82 Å². The van der Waals surface area contributed by atoms with Crippen LogP contribution in [0.2, 0.25) is 0 Å². The molecule has 0 fully saturated rings. The fraction of sp³-hybridized carbons (Fsp3) is 0.0667. The van der Waals surface area contributed by atoms with Crippen molar-refractivity contribution < 1.29 is 4.39 Å². The van der Waals surface area contributed by atoms with Crippen LogP contribution in [-0.2, 0) is 0 Å². The van der Waals surface area contributed by atoms with Crippen molar-refractivity contribution in [3.05, 3.63) is 71.0 Å². The van der Waals surface area contributed by atoms with Crippen LogP contribution in [-0.4, -0.2) is 0 Å². The van der Waals surface area contributed by atoms with E-state index in [9.17, 15) is 4.39 Å². The van der Waals surface area contributed by atoms with Crippen LogP contribution >= 0.6 is 0 Å². The molecule has 0 aliphatic carbocycles. The second-order valence-corrected chi connectivity index (χ2v) is 3.72. The Kier molecular flexibility index (Phi) is 3.16. The van der Waals surface area contributed by atoms with Gasteiger partial charge in [0.1, 0.15) is 5.82 Å². The molecule has 0 atom stereocenters. The quantitative estimate of drug-likeness (QED) is 0.651. The normalized spacial score (nSPS) is 10.9. The summed E-state index contributed by atoms with van der Waals surface area (Å²) >= 11 is 0. The van der Waals surface area contributed by atoms with Crippen molar-refractivity contribution in [3.63, 3.8) is 0 Å². The van der Waals surface area contributed by atoms with E-state index < -0.39 is 0 Å². The van der Waals surface area contributed by atoms with E-state index in [0.717, 1.165) is 5.56 Å². The molecule has 0 aliphatic heterocycles. The molecule has 0 amide bonds. The standard InChI is InChI=1S/C15H13F/c1-12-6-5-9-14(15(12)16)11-10-13-7-3-2-4-8-13/h2-11H,1H3. The molecule has 0 bridgehead atoms. The van der Waals surface area contributed by atoms with Gasteiger partial charge in [-0.15, -0.1) is 0 Å². The third-order valence-corrected chi connectivity index (χ3v) is 2.48. The Morgan fingerprint density at radius 1 is 0.875 bits per heavy atom. The van der Waals surface area contributed by atoms with Crippen LogP contribution in [0.1, 0.15) is 16.7 Å². The Hall–Kier alpha value is -1.89. The summed E-state index contributed by atoms with van der Waals surface area (Å²) in [5, 5.41) is 0. The summed E-state index contributed by atoms with van der Waals surface area (Å²) in [6, 6.07) is 15.3. The molecule has 80 valence electrons. The molecule has 0 saturated carbocycles. The van der Waals surface area contributed by atoms with Crippen molar-refractivity contribution in [2.75, 3.05) is 0 Å². The molecule has 0 nitrogen and oxygen atoms in total. The minimum atomic E-state index is -0.144. The predicted octanol–water partition coefficient (Wildman–Crippen LogP) is 4.30. The molecule has 0 heterocycles. The Bertz CT molecular complexity index is 498. The summed E-state index contributed by atoms with van der Waals surface area (Å²) in [6.45, 7) is 1.77. The summed E-state index contributed by atoms with van der Waals surface area (Å²) in [5.41, 5.74) is 2.38. The summed E-state index contributed by atoms with van der Waals surface area (Å²) in [5.74, 6) is -0.144. The Balaban J connectivity index is 2.28. The lowest BCUT2D eigenvalue weighted by molar-refractivity contribution is 0.616. The molecule has 2 rings (SSSR count). The number of rotatable bonds is 2. The lowest BCUT2D eigenvalue weighted by Crippen LogP contribution is -1.85. The lowest BCUT2D eigenvalue weighted by Gasteiger charge is -1.99. The highest BCUT2D eigenvalue weighted by atomic mass is 19.1. The van der Waals surface area contributed by atoms with Crippen LogP contribution in [0, 0.1) is 12.7 Å². The topological polar surface area (TPSA) is 0 Å². The van der Waals surface area contributed by atoms with Gasteiger partial charge in [-0.25, -0.2) is 4.39 Å². The van der Waals surface area contributed by atoms with Crippen molar-refractivity contribution >= 4 is 12.2 Å². The molecule has 0 spiro atoms. The van der Waals surface area contributed by atoms with E-state index in [0.29, 0.717) is 11.1 Å². The highest BCUT2D eigenvalue weighted by Gasteiger charge is 2.00. The fourth-order valence-corrected chi connectivity index (χ4v) is 1.55. The second-order valence-electron chi connectivity index (χ2n) is 3.72. The van der Waals surface area contributed by atoms with Crippen molar-refractivity contribution in [3.8, 4) is 0 Å². The SMILES string of the molecule is Cc1cccc(C=Cc2ccccc2)c1F. The van der Waals surface area contributed by atoms with Crippen LogP contribution in [0.5, 0.6) is 0 Å². The number of hydrogen-bond acceptors (Lipinski definition) is 0. The monoisotopic (exact) mass is 212 g/mol. The average Bonchev–Trinajstić information content (AvgIpc) is 2.32. The van der Waals surface area contributed by atoms with Gasteiger partial charge in [0.25, 0.3) is 0 Å². The summed E-state index contributed by atoms with van der Waals surface area (Å²) < 4.78 is 13.7. The molecule has 0 saturated heterocycles. The molecular weight excluding hydrogens is 199 g/mol. The molecule has 0 aliphatic rings. The molecule has 0 aromatic heterocycles. The van der Waals surface area contributed by atoms with Gasteiger partial charge >= 0.3 is 0 Å². The zero-order valence-corrected chi connectivity index (χ0v) is 9.15. The lowest BCUT2D eigenvalue weighted by atomic mass is 10.1. The van der Waals surface area contributed by atoms with E-state index in [1.165, 1.54) is 0 Å². The van der Waals surface area contributed by atoms with Crippen LogP contribution in [0.4, 0.5) is 4.39 Å². The van der Waals surface area contributed by atoms with E-state index in [1.807, 2.05) is 42.5 Å². The van der Waals surface area contributed by atoms with Crippen LogP contribution in [0.15, 0.2) is 48.5 Å². The van der Waals surface area contributed by atoms with Crippen molar-refractivity contribution in [2.24, 2.45) is 0 Å². The Morgan fingerprint density at radius 2 is 1.62 bits per heavy atom. The first kappa shape index (κ1) is 10.6. The predicted molar refractivity (Wildman–Crippen MR) is 66.5 cm³/mol. The number of halogens is 1. The maximum atomic E-state index is 13.7. The molecule has 2 aromatic carbocycles. The third-order valence-electron chi connectivity index (χ3n) is 2.48. The van der Waals surface area contributed by atoms with Crippen molar-refractivity contribution in [1.82, 2.24) is 0 Å². The zero-order chi connectivity index (χ0) is 11.4. The maximum absolute atomic E-state index is 13.7. The highest BCUT2D eigenvalue weighted by molar-refractivity contribution is 5.70. The Labute approximate surface area is 95.1 Å². The van der Waals surface area contributed by atoms with Crippen molar-refractivity contribution in [1.29, 1.82) is 0 Å². The molecular formula is C15H13F. The van der Waals surface area contributed by atoms with E-state index in [2.05, 4.69) is 0 Å². The third kappa shape index (κ3) is 2.37. The fourth-order valence-electron chi connectivity index (χ4n) is 1.55. The first-order valence-corrected chi connectivity index (χ1v) is 5.25. The summed E-state index contributed by atoms with van der Waals surface area (Å²) in [4.78, 5) is 0. The van der Waals surface area contributed by atoms with Gasteiger partial charge in [-0.2, -0.15) is 0 Å². The van der Waals surface area contributed by atoms with Crippen LogP contribution < -0.4 is 0 Å². The van der Waals surface area contributed by atoms with Gasteiger partial charge in [-0.1, -0.05) is 60.7 Å². The van der Waals surface area contributed by atoms with Gasteiger partial charge in [0, 0.05) is 5.56 Å². The van der Waals surface area contributed by atoms with Gasteiger partial charge in [0.2, 0.25) is 0 Å². The van der Waals surface area contributed by atoms with Gasteiger partial charge < -0.3 is 0 Å². The first-order valence-electron chi connectivity index (χ1n) is 5.25. The first-order chi connectivity index (χ1) is 7.77. The summed E-state index contributed by atoms with van der Waals surface area (Å²) in [6.07, 6.45) is 3.72. The molecule has 0 N–H and O–H groups in total. The number of aryl methyl sites for hydroxylation is 1. The smallest absolute Gasteiger partial charge is 0.133 e. The van der Waals surface area contributed by atoms with Crippen LogP contribution in [0.3, 0.4) is 0 Å². The molecule has 0 unspecified atom stereocenters. The summed E-state index contributed by atoms with van der Waals surface area (Å²) in [7, 11) is 0. The minimum Gasteiger partial charge on any atom is -0.206 e. The minimum absolute atomic E-state index is 0.144. The van der Waals surface area contributed by atoms with Gasteiger partial charge in [0.05, 0.1) is 0 Å². The Morgan fingerprint density at radius 3 is 2.38 bits per heavy atom.